The molecular weight excluding hydrogens is 755 g/mol. The van der Waals surface area contributed by atoms with E-state index in [0.29, 0.717) is 0 Å². The molecule has 0 aromatic carbocycles. The van der Waals surface area contributed by atoms with Crippen LogP contribution in [0.5, 0.6) is 0 Å². The summed E-state index contributed by atoms with van der Waals surface area (Å²) in [5, 5.41) is 0. The van der Waals surface area contributed by atoms with Crippen LogP contribution in [0.1, 0.15) is 80.1 Å². The van der Waals surface area contributed by atoms with E-state index in [2.05, 4.69) is 39.5 Å². The number of phosphoric acid groups is 1. The average Bonchev–Trinajstić information content (AvgIpc) is 3.10. The van der Waals surface area contributed by atoms with E-state index in [9.17, 15) is 28.8 Å². The molecule has 17 heteroatoms. The van der Waals surface area contributed by atoms with E-state index >= 15 is 4.57 Å². The van der Waals surface area contributed by atoms with Crippen LogP contribution in [0.25, 0.3) is 0 Å². The van der Waals surface area contributed by atoms with Crippen molar-refractivity contribution in [1.29, 1.82) is 0 Å². The Morgan fingerprint density at radius 2 is 0.518 bits per heavy atom. The van der Waals surface area contributed by atoms with E-state index in [1.54, 1.807) is 0 Å². The van der Waals surface area contributed by atoms with Gasteiger partial charge in [-0.3, -0.25) is 13.6 Å². The molecule has 16 nitrogen and oxygen atoms in total. The molecule has 0 aliphatic heterocycles. The summed E-state index contributed by atoms with van der Waals surface area (Å²) in [5.41, 5.74) is 0. The maximum atomic E-state index is 15.2. The third-order valence-corrected chi connectivity index (χ3v) is 8.98. The van der Waals surface area contributed by atoms with Crippen molar-refractivity contribution >= 4 is 43.6 Å². The molecule has 0 N–H and O–H groups in total. The molecule has 0 aliphatic carbocycles. The Kier molecular flexibility index (Phi) is 24.8. The second-order valence-corrected chi connectivity index (χ2v) is 14.3. The van der Waals surface area contributed by atoms with Crippen LogP contribution < -0.4 is 0 Å². The van der Waals surface area contributed by atoms with Crippen molar-refractivity contribution < 1.29 is 75.3 Å². The number of ether oxygens (including phenoxy) is 6. The zero-order valence-corrected chi connectivity index (χ0v) is 34.0. The van der Waals surface area contributed by atoms with Crippen molar-refractivity contribution in [3.05, 3.63) is 75.9 Å². The van der Waals surface area contributed by atoms with Gasteiger partial charge in [0.25, 0.3) is 0 Å². The van der Waals surface area contributed by atoms with Gasteiger partial charge >= 0.3 is 43.6 Å². The van der Waals surface area contributed by atoms with Gasteiger partial charge < -0.3 is 28.4 Å². The van der Waals surface area contributed by atoms with E-state index < -0.39 is 98.6 Å². The zero-order chi connectivity index (χ0) is 43.0. The van der Waals surface area contributed by atoms with Crippen LogP contribution in [0.4, 0.5) is 0 Å². The minimum atomic E-state index is -4.94. The Morgan fingerprint density at radius 3 is 0.643 bits per heavy atom. The van der Waals surface area contributed by atoms with Crippen LogP contribution in [-0.4, -0.2) is 90.8 Å². The molecule has 0 rings (SSSR count). The minimum absolute atomic E-state index is 0.136. The molecular formula is C39H57O16P. The van der Waals surface area contributed by atoms with Crippen molar-refractivity contribution in [2.24, 2.45) is 0 Å². The summed E-state index contributed by atoms with van der Waals surface area (Å²) in [6.07, 6.45) is -3.88. The predicted molar refractivity (Wildman–Crippen MR) is 204 cm³/mol. The monoisotopic (exact) mass is 812 g/mol. The van der Waals surface area contributed by atoms with E-state index in [-0.39, 0.29) is 38.5 Å². The van der Waals surface area contributed by atoms with Crippen LogP contribution in [0, 0.1) is 0 Å². The average molecular weight is 813 g/mol. The maximum Gasteiger partial charge on any atom is 0.475 e. The maximum absolute atomic E-state index is 15.2. The van der Waals surface area contributed by atoms with Crippen molar-refractivity contribution in [3.8, 4) is 0 Å². The van der Waals surface area contributed by atoms with Crippen LogP contribution in [0.15, 0.2) is 75.9 Å². The van der Waals surface area contributed by atoms with Crippen molar-refractivity contribution in [2.75, 3.05) is 0 Å². The minimum Gasteiger partial charge on any atom is -0.459 e. The van der Waals surface area contributed by atoms with Gasteiger partial charge in [-0.1, -0.05) is 39.5 Å². The number of hydrogen-bond donors (Lipinski definition) is 0. The number of esters is 6. The van der Waals surface area contributed by atoms with Crippen LogP contribution in [0.3, 0.4) is 0 Å². The van der Waals surface area contributed by atoms with Gasteiger partial charge in [-0.25, -0.2) is 33.3 Å². The standard InChI is InChI=1S/C39H57O16P/c1-13-34(40)47-25(7)19-31(20-26(8)48-35(41)14-2)53-56(46,54-32(21-27(9)49-36(42)15-3)22-28(10)50-37(43)16-4)55-33(23-29(11)51-38(44)17-5)24-30(12)52-39(45)18-6/h13-18,25-33H,1-6,19-24H2,7-12H3. The van der Waals surface area contributed by atoms with Crippen LogP contribution in [-0.2, 0) is 75.3 Å². The summed E-state index contributed by atoms with van der Waals surface area (Å²) >= 11 is 0. The topological polar surface area (TPSA) is 203 Å². The second kappa shape index (κ2) is 27.0. The van der Waals surface area contributed by atoms with E-state index in [1.165, 1.54) is 41.5 Å². The molecule has 6 atom stereocenters. The fourth-order valence-corrected chi connectivity index (χ4v) is 6.92. The quantitative estimate of drug-likeness (QED) is 0.0338. The molecule has 56 heavy (non-hydrogen) atoms. The third-order valence-electron chi connectivity index (χ3n) is 7.31. The fraction of sp³-hybridized carbons (Fsp3) is 0.538. The van der Waals surface area contributed by atoms with Gasteiger partial charge in [-0.2, -0.15) is 0 Å². The van der Waals surface area contributed by atoms with Gasteiger partial charge in [0, 0.05) is 75.0 Å². The highest BCUT2D eigenvalue weighted by Crippen LogP contribution is 2.55. The molecule has 0 heterocycles. The zero-order valence-electron chi connectivity index (χ0n) is 33.1. The summed E-state index contributed by atoms with van der Waals surface area (Å²) < 4.78 is 65.8. The lowest BCUT2D eigenvalue weighted by molar-refractivity contribution is -0.145. The Bertz CT molecular complexity index is 1180. The first-order valence-electron chi connectivity index (χ1n) is 17.8. The second-order valence-electron chi connectivity index (χ2n) is 12.8. The van der Waals surface area contributed by atoms with Gasteiger partial charge in [-0.05, 0) is 41.5 Å². The number of carbonyl (C=O) groups excluding carboxylic acids is 6. The summed E-state index contributed by atoms with van der Waals surface area (Å²) in [6.45, 7) is 29.6. The van der Waals surface area contributed by atoms with Gasteiger partial charge in [-0.15, -0.1) is 0 Å². The number of rotatable bonds is 30. The Labute approximate surface area is 329 Å². The van der Waals surface area contributed by atoms with E-state index in [0.717, 1.165) is 36.5 Å². The first kappa shape index (κ1) is 51.4. The SMILES string of the molecule is C=CC(=O)OC(C)CC(CC(C)OC(=O)C=C)OP(=O)(OC(CC(C)OC(=O)C=C)CC(C)OC(=O)C=C)OC(CC(C)OC(=O)C=C)CC(C)OC(=O)C=C. The number of hydrogen-bond acceptors (Lipinski definition) is 16. The molecule has 0 amide bonds. The molecule has 0 fully saturated rings. The highest BCUT2D eigenvalue weighted by Gasteiger charge is 2.40. The smallest absolute Gasteiger partial charge is 0.459 e. The molecule has 0 bridgehead atoms. The van der Waals surface area contributed by atoms with Gasteiger partial charge in [0.05, 0.1) is 18.3 Å². The Balaban J connectivity index is 7.34. The lowest BCUT2D eigenvalue weighted by Crippen LogP contribution is -2.32. The van der Waals surface area contributed by atoms with Crippen molar-refractivity contribution in [1.82, 2.24) is 0 Å². The normalized spacial score (nSPS) is 16.8. The lowest BCUT2D eigenvalue weighted by atomic mass is 10.1. The van der Waals surface area contributed by atoms with Crippen molar-refractivity contribution in [3.63, 3.8) is 0 Å². The fourth-order valence-electron chi connectivity index (χ4n) is 5.16. The Hall–Kier alpha value is -4.63. The lowest BCUT2D eigenvalue weighted by Gasteiger charge is -2.33. The molecule has 0 aliphatic rings. The number of phosphoric ester groups is 1. The molecule has 0 saturated carbocycles. The van der Waals surface area contributed by atoms with E-state index in [4.69, 9.17) is 42.0 Å². The summed E-state index contributed by atoms with van der Waals surface area (Å²) in [5.74, 6) is -4.53. The highest BCUT2D eigenvalue weighted by molar-refractivity contribution is 7.48. The predicted octanol–water partition coefficient (Wildman–Crippen LogP) is 6.30. The first-order chi connectivity index (χ1) is 26.2. The number of carbonyl (C=O) groups is 6. The van der Waals surface area contributed by atoms with Gasteiger partial charge in [0.15, 0.2) is 0 Å². The molecule has 314 valence electrons. The van der Waals surface area contributed by atoms with Crippen LogP contribution in [0.2, 0.25) is 0 Å². The molecule has 6 unspecified atom stereocenters. The van der Waals surface area contributed by atoms with E-state index in [1.807, 2.05) is 0 Å². The molecule has 0 spiro atoms. The Morgan fingerprint density at radius 1 is 0.375 bits per heavy atom. The first-order valence-corrected chi connectivity index (χ1v) is 19.3. The largest absolute Gasteiger partial charge is 0.475 e. The van der Waals surface area contributed by atoms with Gasteiger partial charge in [0.1, 0.15) is 36.6 Å². The van der Waals surface area contributed by atoms with Crippen molar-refractivity contribution in [2.45, 2.75) is 135 Å². The molecule has 0 aromatic heterocycles. The molecule has 0 radical (unpaired) electrons. The highest BCUT2D eigenvalue weighted by atomic mass is 31.2. The summed E-state index contributed by atoms with van der Waals surface area (Å²) in [4.78, 5) is 72.3. The summed E-state index contributed by atoms with van der Waals surface area (Å²) in [6, 6.07) is 0. The van der Waals surface area contributed by atoms with Gasteiger partial charge in [0.2, 0.25) is 0 Å². The molecule has 0 saturated heterocycles. The third kappa shape index (κ3) is 23.3. The van der Waals surface area contributed by atoms with Crippen LogP contribution >= 0.6 is 7.82 Å². The summed E-state index contributed by atoms with van der Waals surface area (Å²) in [7, 11) is -4.94. The molecule has 0 aromatic rings.